The van der Waals surface area contributed by atoms with Gasteiger partial charge in [0.15, 0.2) is 0 Å². The summed E-state index contributed by atoms with van der Waals surface area (Å²) in [5, 5.41) is 4.25. The van der Waals surface area contributed by atoms with Crippen molar-refractivity contribution in [2.75, 3.05) is 13.1 Å². The van der Waals surface area contributed by atoms with Crippen LogP contribution >= 0.6 is 23.2 Å². The van der Waals surface area contributed by atoms with Gasteiger partial charge in [0.05, 0.1) is 0 Å². The summed E-state index contributed by atoms with van der Waals surface area (Å²) >= 11 is 11.9. The lowest BCUT2D eigenvalue weighted by atomic mass is 9.84. The Hall–Kier alpha value is -2.04. The predicted molar refractivity (Wildman–Crippen MR) is 122 cm³/mol. The first-order chi connectivity index (χ1) is 14.1. The zero-order valence-electron chi connectivity index (χ0n) is 17.6. The van der Waals surface area contributed by atoms with Crippen molar-refractivity contribution in [3.05, 3.63) is 69.7 Å². The summed E-state index contributed by atoms with van der Waals surface area (Å²) in [4.78, 5) is 27.9. The molecule has 0 aromatic heterocycles. The van der Waals surface area contributed by atoms with Crippen LogP contribution in [0.5, 0.6) is 0 Å². The van der Waals surface area contributed by atoms with E-state index in [9.17, 15) is 9.59 Å². The van der Waals surface area contributed by atoms with E-state index in [-0.39, 0.29) is 11.8 Å². The van der Waals surface area contributed by atoms with Crippen molar-refractivity contribution >= 4 is 35.0 Å². The molecule has 160 valence electrons. The number of halogens is 2. The van der Waals surface area contributed by atoms with Crippen molar-refractivity contribution in [1.82, 2.24) is 10.2 Å². The van der Waals surface area contributed by atoms with Gasteiger partial charge in [0.2, 0.25) is 5.91 Å². The predicted octanol–water partition coefficient (Wildman–Crippen LogP) is 5.54. The highest BCUT2D eigenvalue weighted by atomic mass is 35.5. The van der Waals surface area contributed by atoms with Crippen LogP contribution in [0.15, 0.2) is 48.5 Å². The fourth-order valence-corrected chi connectivity index (χ4v) is 4.07. The lowest BCUT2D eigenvalue weighted by Gasteiger charge is -2.38. The zero-order valence-corrected chi connectivity index (χ0v) is 19.1. The van der Waals surface area contributed by atoms with Gasteiger partial charge < -0.3 is 10.2 Å². The second-order valence-corrected chi connectivity index (χ2v) is 9.80. The quantitative estimate of drug-likeness (QED) is 0.669. The van der Waals surface area contributed by atoms with Crippen molar-refractivity contribution < 1.29 is 9.59 Å². The SMILES string of the molecule is CC(C)(C)C(NC(=O)c1ccc(Cl)cc1)C(=O)N1CCC(c2ccc(Cl)cc2)CC1. The molecule has 0 spiro atoms. The second kappa shape index (κ2) is 9.40. The van der Waals surface area contributed by atoms with Crippen molar-refractivity contribution in [3.63, 3.8) is 0 Å². The molecule has 1 aliphatic rings. The minimum atomic E-state index is -0.604. The molecule has 0 aliphatic carbocycles. The minimum absolute atomic E-state index is 0.0284. The third kappa shape index (κ3) is 5.55. The van der Waals surface area contributed by atoms with Crippen LogP contribution in [0.4, 0.5) is 0 Å². The van der Waals surface area contributed by atoms with Crippen LogP contribution in [-0.2, 0) is 4.79 Å². The first kappa shape index (κ1) is 22.6. The average molecular weight is 447 g/mol. The van der Waals surface area contributed by atoms with Crippen LogP contribution in [0.25, 0.3) is 0 Å². The summed E-state index contributed by atoms with van der Waals surface area (Å²) in [5.41, 5.74) is 1.34. The van der Waals surface area contributed by atoms with E-state index in [4.69, 9.17) is 23.2 Å². The summed E-state index contributed by atoms with van der Waals surface area (Å²) < 4.78 is 0. The van der Waals surface area contributed by atoms with Gasteiger partial charge in [-0.05, 0) is 66.1 Å². The Labute approximate surface area is 188 Å². The number of likely N-dealkylation sites (tertiary alicyclic amines) is 1. The summed E-state index contributed by atoms with van der Waals surface area (Å²) in [5.74, 6) is 0.124. The van der Waals surface area contributed by atoms with Crippen molar-refractivity contribution in [3.8, 4) is 0 Å². The maximum absolute atomic E-state index is 13.3. The molecule has 2 aromatic carbocycles. The van der Waals surface area contributed by atoms with Crippen LogP contribution in [0.3, 0.4) is 0 Å². The fraction of sp³-hybridized carbons (Fsp3) is 0.417. The molecule has 0 saturated carbocycles. The number of hydrogen-bond donors (Lipinski definition) is 1. The minimum Gasteiger partial charge on any atom is -0.341 e. The van der Waals surface area contributed by atoms with E-state index >= 15 is 0 Å². The molecule has 1 N–H and O–H groups in total. The highest BCUT2D eigenvalue weighted by Gasteiger charge is 2.37. The number of nitrogens with one attached hydrogen (secondary N) is 1. The van der Waals surface area contributed by atoms with Gasteiger partial charge in [0.25, 0.3) is 5.91 Å². The first-order valence-corrected chi connectivity index (χ1v) is 11.0. The van der Waals surface area contributed by atoms with Gasteiger partial charge in [-0.2, -0.15) is 0 Å². The van der Waals surface area contributed by atoms with Crippen LogP contribution in [0.2, 0.25) is 10.0 Å². The van der Waals surface area contributed by atoms with Gasteiger partial charge >= 0.3 is 0 Å². The molecule has 30 heavy (non-hydrogen) atoms. The third-order valence-electron chi connectivity index (χ3n) is 5.64. The molecule has 0 bridgehead atoms. The molecule has 1 aliphatic heterocycles. The highest BCUT2D eigenvalue weighted by Crippen LogP contribution is 2.30. The van der Waals surface area contributed by atoms with Crippen molar-refractivity contribution in [2.24, 2.45) is 5.41 Å². The largest absolute Gasteiger partial charge is 0.341 e. The lowest BCUT2D eigenvalue weighted by molar-refractivity contribution is -0.136. The Morgan fingerprint density at radius 1 is 0.933 bits per heavy atom. The van der Waals surface area contributed by atoms with E-state index in [1.807, 2.05) is 37.8 Å². The Morgan fingerprint density at radius 2 is 1.43 bits per heavy atom. The smallest absolute Gasteiger partial charge is 0.251 e. The molecular formula is C24H28Cl2N2O2. The molecule has 1 fully saturated rings. The number of piperidine rings is 1. The normalized spacial score (nSPS) is 16.2. The molecule has 1 saturated heterocycles. The average Bonchev–Trinajstić information content (AvgIpc) is 2.72. The summed E-state index contributed by atoms with van der Waals surface area (Å²) in [6.45, 7) is 7.26. The van der Waals surface area contributed by atoms with Crippen LogP contribution < -0.4 is 5.32 Å². The van der Waals surface area contributed by atoms with E-state index in [2.05, 4.69) is 17.4 Å². The summed E-state index contributed by atoms with van der Waals surface area (Å²) in [7, 11) is 0. The molecule has 1 atom stereocenters. The summed E-state index contributed by atoms with van der Waals surface area (Å²) in [6, 6.07) is 14.0. The number of nitrogens with zero attached hydrogens (tertiary/aromatic N) is 1. The molecule has 1 unspecified atom stereocenters. The van der Waals surface area contributed by atoms with Crippen molar-refractivity contribution in [2.45, 2.75) is 45.6 Å². The third-order valence-corrected chi connectivity index (χ3v) is 6.15. The zero-order chi connectivity index (χ0) is 21.9. The van der Waals surface area contributed by atoms with Crippen LogP contribution in [0.1, 0.15) is 55.5 Å². The molecule has 0 radical (unpaired) electrons. The standard InChI is InChI=1S/C24H28Cl2N2O2/c1-24(2,3)21(27-22(29)18-6-10-20(26)11-7-18)23(30)28-14-12-17(13-15-28)16-4-8-19(25)9-5-16/h4-11,17,21H,12-15H2,1-3H3,(H,27,29). The first-order valence-electron chi connectivity index (χ1n) is 10.3. The van der Waals surface area contributed by atoms with E-state index in [0.29, 0.717) is 29.6 Å². The van der Waals surface area contributed by atoms with Gasteiger partial charge in [-0.25, -0.2) is 0 Å². The van der Waals surface area contributed by atoms with E-state index in [1.54, 1.807) is 24.3 Å². The Morgan fingerprint density at radius 3 is 1.93 bits per heavy atom. The van der Waals surface area contributed by atoms with Crippen LogP contribution in [0, 0.1) is 5.41 Å². The Bertz CT molecular complexity index is 881. The lowest BCUT2D eigenvalue weighted by Crippen LogP contribution is -2.56. The van der Waals surface area contributed by atoms with Gasteiger partial charge in [0.1, 0.15) is 6.04 Å². The van der Waals surface area contributed by atoms with Gasteiger partial charge in [0, 0.05) is 28.7 Å². The monoisotopic (exact) mass is 446 g/mol. The van der Waals surface area contributed by atoms with Crippen LogP contribution in [-0.4, -0.2) is 35.8 Å². The highest BCUT2D eigenvalue weighted by molar-refractivity contribution is 6.30. The van der Waals surface area contributed by atoms with E-state index < -0.39 is 11.5 Å². The van der Waals surface area contributed by atoms with Gasteiger partial charge in [-0.15, -0.1) is 0 Å². The summed E-state index contributed by atoms with van der Waals surface area (Å²) in [6.07, 6.45) is 1.80. The molecule has 6 heteroatoms. The molecule has 2 amide bonds. The second-order valence-electron chi connectivity index (χ2n) is 8.93. The number of benzene rings is 2. The number of carbonyl (C=O) groups is 2. The maximum Gasteiger partial charge on any atom is 0.251 e. The number of hydrogen-bond acceptors (Lipinski definition) is 2. The van der Waals surface area contributed by atoms with Crippen molar-refractivity contribution in [1.29, 1.82) is 0 Å². The Kier molecular flexibility index (Phi) is 7.10. The maximum atomic E-state index is 13.3. The molecule has 4 nitrogen and oxygen atoms in total. The fourth-order valence-electron chi connectivity index (χ4n) is 3.82. The van der Waals surface area contributed by atoms with Gasteiger partial charge in [-0.3, -0.25) is 9.59 Å². The van der Waals surface area contributed by atoms with Gasteiger partial charge in [-0.1, -0.05) is 56.1 Å². The molecule has 1 heterocycles. The number of amides is 2. The molecule has 2 aromatic rings. The Balaban J connectivity index is 1.66. The molecular weight excluding hydrogens is 419 g/mol. The van der Waals surface area contributed by atoms with E-state index in [0.717, 1.165) is 17.9 Å². The number of rotatable bonds is 4. The molecule has 3 rings (SSSR count). The van der Waals surface area contributed by atoms with E-state index in [1.165, 1.54) is 5.56 Å². The number of carbonyl (C=O) groups excluding carboxylic acids is 2. The topological polar surface area (TPSA) is 49.4 Å².